The summed E-state index contributed by atoms with van der Waals surface area (Å²) in [7, 11) is -4.65. The van der Waals surface area contributed by atoms with E-state index >= 15 is 0 Å². The van der Waals surface area contributed by atoms with Crippen molar-refractivity contribution in [1.29, 1.82) is 0 Å². The fourth-order valence-electron chi connectivity index (χ4n) is 4.10. The lowest BCUT2D eigenvalue weighted by Crippen LogP contribution is -2.46. The Kier molecular flexibility index (Phi) is 7.32. The van der Waals surface area contributed by atoms with Gasteiger partial charge in [-0.2, -0.15) is 13.2 Å². The molecule has 0 saturated heterocycles. The quantitative estimate of drug-likeness (QED) is 0.273. The topological polar surface area (TPSA) is 83.9 Å². The van der Waals surface area contributed by atoms with Crippen molar-refractivity contribution in [3.63, 3.8) is 0 Å². The van der Waals surface area contributed by atoms with Crippen LogP contribution in [0.25, 0.3) is 11.1 Å². The van der Waals surface area contributed by atoms with Gasteiger partial charge in [0.25, 0.3) is 10.0 Å². The minimum Gasteiger partial charge on any atom is -0.486 e. The molecule has 13 heteroatoms. The molecule has 0 aliphatic carbocycles. The van der Waals surface area contributed by atoms with Gasteiger partial charge in [-0.3, -0.25) is 9.10 Å². The van der Waals surface area contributed by atoms with Crippen LogP contribution in [0.5, 0.6) is 5.75 Å². The van der Waals surface area contributed by atoms with Gasteiger partial charge in [0.05, 0.1) is 34.1 Å². The van der Waals surface area contributed by atoms with Crippen LogP contribution in [0.1, 0.15) is 18.9 Å². The Bertz CT molecular complexity index is 1510. The van der Waals surface area contributed by atoms with Crippen LogP contribution in [0.15, 0.2) is 59.5 Å². The number of halogens is 6. The summed E-state index contributed by atoms with van der Waals surface area (Å²) < 4.78 is 102. The SMILES string of the molecule is C[C@@H](CC(=O)O)C1CN(S(=O)(=O)c2cccc(C(F)(F)F)c2)c2cc(-c3cc(F)cc(F)c3Cl)ccc2O1. The maximum absolute atomic E-state index is 14.1. The van der Waals surface area contributed by atoms with Gasteiger partial charge in [-0.25, -0.2) is 17.2 Å². The second kappa shape index (κ2) is 10.1. The maximum Gasteiger partial charge on any atom is 0.416 e. The Balaban J connectivity index is 1.87. The lowest BCUT2D eigenvalue weighted by atomic mass is 9.98. The van der Waals surface area contributed by atoms with Gasteiger partial charge in [0, 0.05) is 17.5 Å². The smallest absolute Gasteiger partial charge is 0.416 e. The van der Waals surface area contributed by atoms with Crippen LogP contribution in [0.4, 0.5) is 27.6 Å². The molecule has 1 N–H and O–H groups in total. The molecule has 202 valence electrons. The van der Waals surface area contributed by atoms with Gasteiger partial charge < -0.3 is 9.84 Å². The molecular weight excluding hydrogens is 557 g/mol. The van der Waals surface area contributed by atoms with Crippen molar-refractivity contribution in [2.24, 2.45) is 5.92 Å². The molecule has 0 radical (unpaired) electrons. The van der Waals surface area contributed by atoms with E-state index in [-0.39, 0.29) is 29.0 Å². The van der Waals surface area contributed by atoms with E-state index in [1.54, 1.807) is 0 Å². The van der Waals surface area contributed by atoms with E-state index in [1.165, 1.54) is 25.1 Å². The molecule has 1 unspecified atom stereocenters. The van der Waals surface area contributed by atoms with Gasteiger partial charge in [-0.05, 0) is 42.0 Å². The van der Waals surface area contributed by atoms with Gasteiger partial charge in [-0.1, -0.05) is 30.7 Å². The number of nitrogens with zero attached hydrogens (tertiary/aromatic N) is 1. The van der Waals surface area contributed by atoms with Gasteiger partial charge in [-0.15, -0.1) is 0 Å². The van der Waals surface area contributed by atoms with Crippen LogP contribution >= 0.6 is 11.6 Å². The molecule has 0 saturated carbocycles. The van der Waals surface area contributed by atoms with Crippen molar-refractivity contribution in [2.75, 3.05) is 10.8 Å². The van der Waals surface area contributed by atoms with E-state index in [0.29, 0.717) is 12.1 Å². The number of rotatable bonds is 6. The third-order valence-corrected chi connectivity index (χ3v) is 8.20. The number of carboxylic acid groups (broad SMARTS) is 1. The minimum absolute atomic E-state index is 0.0224. The first-order valence-electron chi connectivity index (χ1n) is 11.1. The first kappa shape index (κ1) is 27.6. The van der Waals surface area contributed by atoms with Gasteiger partial charge in [0.15, 0.2) is 0 Å². The average molecular weight is 576 g/mol. The summed E-state index contributed by atoms with van der Waals surface area (Å²) in [5, 5.41) is 8.76. The summed E-state index contributed by atoms with van der Waals surface area (Å²) in [6.45, 7) is 1.09. The van der Waals surface area contributed by atoms with E-state index in [2.05, 4.69) is 0 Å². The molecular formula is C25H19ClF5NO5S. The van der Waals surface area contributed by atoms with Crippen molar-refractivity contribution in [3.8, 4) is 16.9 Å². The molecule has 0 amide bonds. The predicted molar refractivity (Wildman–Crippen MR) is 129 cm³/mol. The Hall–Kier alpha value is -3.38. The number of alkyl halides is 3. The van der Waals surface area contributed by atoms with E-state index < -0.39 is 67.9 Å². The molecule has 38 heavy (non-hydrogen) atoms. The summed E-state index contributed by atoms with van der Waals surface area (Å²) in [5.74, 6) is -3.85. The number of sulfonamides is 1. The van der Waals surface area contributed by atoms with E-state index in [9.17, 15) is 40.3 Å². The summed E-state index contributed by atoms with van der Waals surface area (Å²) >= 11 is 6.01. The highest BCUT2D eigenvalue weighted by Gasteiger charge is 2.39. The van der Waals surface area contributed by atoms with Crippen molar-refractivity contribution in [3.05, 3.63) is 76.8 Å². The first-order valence-corrected chi connectivity index (χ1v) is 12.9. The van der Waals surface area contributed by atoms with E-state index in [0.717, 1.165) is 28.6 Å². The number of hydrogen-bond acceptors (Lipinski definition) is 4. The van der Waals surface area contributed by atoms with Gasteiger partial charge >= 0.3 is 12.1 Å². The van der Waals surface area contributed by atoms with E-state index in [4.69, 9.17) is 16.3 Å². The molecule has 0 bridgehead atoms. The van der Waals surface area contributed by atoms with Gasteiger partial charge in [0.2, 0.25) is 0 Å². The predicted octanol–water partition coefficient (Wildman–Crippen LogP) is 6.37. The van der Waals surface area contributed by atoms with Crippen LogP contribution in [0, 0.1) is 17.6 Å². The second-order valence-corrected chi connectivity index (χ2v) is 11.0. The van der Waals surface area contributed by atoms with Crippen molar-refractivity contribution >= 4 is 33.3 Å². The van der Waals surface area contributed by atoms with Crippen LogP contribution in [0.3, 0.4) is 0 Å². The van der Waals surface area contributed by atoms with E-state index in [1.807, 2.05) is 0 Å². The monoisotopic (exact) mass is 575 g/mol. The summed E-state index contributed by atoms with van der Waals surface area (Å²) in [6.07, 6.45) is -6.15. The van der Waals surface area contributed by atoms with Crippen molar-refractivity contribution < 1.29 is 45.0 Å². The fraction of sp³-hybridized carbons (Fsp3) is 0.240. The highest BCUT2D eigenvalue weighted by atomic mass is 35.5. The molecule has 2 atom stereocenters. The zero-order valence-electron chi connectivity index (χ0n) is 19.5. The number of ether oxygens (including phenoxy) is 1. The number of aliphatic carboxylic acids is 1. The molecule has 1 heterocycles. The second-order valence-electron chi connectivity index (χ2n) is 8.72. The van der Waals surface area contributed by atoms with Crippen LogP contribution < -0.4 is 9.04 Å². The maximum atomic E-state index is 14.1. The third kappa shape index (κ3) is 5.41. The Morgan fingerprint density at radius 1 is 1.16 bits per heavy atom. The molecule has 0 aromatic heterocycles. The summed E-state index contributed by atoms with van der Waals surface area (Å²) in [4.78, 5) is 10.6. The van der Waals surface area contributed by atoms with Crippen LogP contribution in [-0.2, 0) is 21.0 Å². The normalized spacial score (nSPS) is 16.5. The molecule has 3 aromatic rings. The Morgan fingerprint density at radius 3 is 2.53 bits per heavy atom. The Labute approximate surface area is 219 Å². The molecule has 1 aliphatic rings. The fourth-order valence-corrected chi connectivity index (χ4v) is 5.84. The Morgan fingerprint density at radius 2 is 1.87 bits per heavy atom. The zero-order valence-corrected chi connectivity index (χ0v) is 21.0. The van der Waals surface area contributed by atoms with Crippen LogP contribution in [-0.4, -0.2) is 32.1 Å². The first-order chi connectivity index (χ1) is 17.7. The number of fused-ring (bicyclic) bond motifs is 1. The number of benzene rings is 3. The largest absolute Gasteiger partial charge is 0.486 e. The molecule has 0 spiro atoms. The molecule has 1 aliphatic heterocycles. The highest BCUT2D eigenvalue weighted by Crippen LogP contribution is 2.43. The van der Waals surface area contributed by atoms with Gasteiger partial charge in [0.1, 0.15) is 23.5 Å². The number of hydrogen-bond donors (Lipinski definition) is 1. The molecule has 3 aromatic carbocycles. The van der Waals surface area contributed by atoms with Crippen molar-refractivity contribution in [2.45, 2.75) is 30.5 Å². The summed E-state index contributed by atoms with van der Waals surface area (Å²) in [5.41, 5.74) is -1.29. The summed E-state index contributed by atoms with van der Waals surface area (Å²) in [6, 6.07) is 8.61. The standard InChI is InChI=1S/C25H19ClF5NO5S/c1-13(7-23(33)34)22-12-32(38(35,36)17-4-2-3-15(9-17)25(29,30)31)20-8-14(5-6-21(20)37-22)18-10-16(27)11-19(28)24(18)26/h2-6,8-11,13,22H,7,12H2,1H3,(H,33,34)/t13-,22?/m0/s1. The number of carbonyl (C=O) groups is 1. The molecule has 0 fully saturated rings. The highest BCUT2D eigenvalue weighted by molar-refractivity contribution is 7.92. The molecule has 4 rings (SSSR count). The third-order valence-electron chi connectivity index (χ3n) is 6.04. The van der Waals surface area contributed by atoms with Crippen LogP contribution in [0.2, 0.25) is 5.02 Å². The lowest BCUT2D eigenvalue weighted by molar-refractivity contribution is -0.139. The number of anilines is 1. The average Bonchev–Trinajstić information content (AvgIpc) is 2.84. The number of carboxylic acids is 1. The zero-order chi connectivity index (χ0) is 28.0. The lowest BCUT2D eigenvalue weighted by Gasteiger charge is -2.38. The minimum atomic E-state index is -4.81. The molecule has 6 nitrogen and oxygen atoms in total. The van der Waals surface area contributed by atoms with Crippen molar-refractivity contribution in [1.82, 2.24) is 0 Å².